The lowest BCUT2D eigenvalue weighted by Gasteiger charge is -2.17. The van der Waals surface area contributed by atoms with Gasteiger partial charge >= 0.3 is 0 Å². The molecule has 0 bridgehead atoms. The van der Waals surface area contributed by atoms with E-state index in [4.69, 9.17) is 9.72 Å². The van der Waals surface area contributed by atoms with Crippen molar-refractivity contribution in [2.75, 3.05) is 26.8 Å². The van der Waals surface area contributed by atoms with Gasteiger partial charge in [-0.1, -0.05) is 0 Å². The number of carbonyl (C=O) groups excluding carboxylic acids is 1. The minimum absolute atomic E-state index is 0.0419. The van der Waals surface area contributed by atoms with Crippen LogP contribution in [0.4, 0.5) is 8.78 Å². The van der Waals surface area contributed by atoms with Gasteiger partial charge in [0.05, 0.1) is 6.61 Å². The van der Waals surface area contributed by atoms with Gasteiger partial charge in [-0.3, -0.25) is 4.79 Å². The molecule has 0 saturated carbocycles. The van der Waals surface area contributed by atoms with Crippen LogP contribution in [0, 0.1) is 11.6 Å². The molecule has 146 valence electrons. The zero-order chi connectivity index (χ0) is 19.7. The molecular formula is C20H20F2N4O2. The molecule has 8 heteroatoms. The van der Waals surface area contributed by atoms with Crippen LogP contribution in [0.2, 0.25) is 0 Å². The Balaban J connectivity index is 1.58. The number of carbonyl (C=O) groups is 1. The second-order valence-electron chi connectivity index (χ2n) is 6.83. The van der Waals surface area contributed by atoms with Crippen LogP contribution in [0.1, 0.15) is 28.5 Å². The molecule has 1 aliphatic rings. The number of halogens is 2. The molecule has 3 heterocycles. The molecule has 4 rings (SSSR count). The van der Waals surface area contributed by atoms with Crippen molar-refractivity contribution >= 4 is 17.1 Å². The SMILES string of the molecule is COCCn1c([C@H]2CCN(C(=O)c3ccc(F)c(F)c3)C2)nc2cccnc21. The van der Waals surface area contributed by atoms with Crippen molar-refractivity contribution in [1.82, 2.24) is 19.4 Å². The Morgan fingerprint density at radius 1 is 1.29 bits per heavy atom. The summed E-state index contributed by atoms with van der Waals surface area (Å²) < 4.78 is 33.9. The molecular weight excluding hydrogens is 366 g/mol. The predicted molar refractivity (Wildman–Crippen MR) is 99.0 cm³/mol. The summed E-state index contributed by atoms with van der Waals surface area (Å²) in [4.78, 5) is 23.5. The number of methoxy groups -OCH3 is 1. The summed E-state index contributed by atoms with van der Waals surface area (Å²) in [6.45, 7) is 2.14. The lowest BCUT2D eigenvalue weighted by Crippen LogP contribution is -2.29. The van der Waals surface area contributed by atoms with Crippen molar-refractivity contribution in [1.29, 1.82) is 0 Å². The van der Waals surface area contributed by atoms with E-state index in [1.807, 2.05) is 16.7 Å². The molecule has 2 aromatic heterocycles. The number of pyridine rings is 1. The zero-order valence-corrected chi connectivity index (χ0v) is 15.4. The lowest BCUT2D eigenvalue weighted by molar-refractivity contribution is 0.0789. The van der Waals surface area contributed by atoms with Gasteiger partial charge in [0.2, 0.25) is 0 Å². The fraction of sp³-hybridized carbons (Fsp3) is 0.350. The predicted octanol–water partition coefficient (Wildman–Crippen LogP) is 2.99. The highest BCUT2D eigenvalue weighted by atomic mass is 19.2. The Kier molecular flexibility index (Phi) is 5.04. The van der Waals surface area contributed by atoms with E-state index in [2.05, 4.69) is 4.98 Å². The number of hydrogen-bond acceptors (Lipinski definition) is 4. The van der Waals surface area contributed by atoms with Gasteiger partial charge in [-0.15, -0.1) is 0 Å². The van der Waals surface area contributed by atoms with Crippen LogP contribution in [0.25, 0.3) is 11.2 Å². The minimum atomic E-state index is -1.02. The molecule has 1 atom stereocenters. The quantitative estimate of drug-likeness (QED) is 0.676. The van der Waals surface area contributed by atoms with Gasteiger partial charge in [-0.25, -0.2) is 18.7 Å². The first-order valence-electron chi connectivity index (χ1n) is 9.13. The maximum absolute atomic E-state index is 13.5. The molecule has 0 radical (unpaired) electrons. The van der Waals surface area contributed by atoms with Crippen molar-refractivity contribution in [2.24, 2.45) is 0 Å². The van der Waals surface area contributed by atoms with E-state index in [0.29, 0.717) is 26.2 Å². The summed E-state index contributed by atoms with van der Waals surface area (Å²) in [5.41, 5.74) is 1.74. The van der Waals surface area contributed by atoms with Gasteiger partial charge in [0, 0.05) is 44.4 Å². The summed E-state index contributed by atoms with van der Waals surface area (Å²) in [6.07, 6.45) is 2.47. The largest absolute Gasteiger partial charge is 0.383 e. The van der Waals surface area contributed by atoms with Crippen LogP contribution in [0.15, 0.2) is 36.5 Å². The molecule has 1 saturated heterocycles. The van der Waals surface area contributed by atoms with Crippen molar-refractivity contribution < 1.29 is 18.3 Å². The number of imidazole rings is 1. The first-order valence-corrected chi connectivity index (χ1v) is 9.13. The minimum Gasteiger partial charge on any atom is -0.383 e. The standard InChI is InChI=1S/C20H20F2N4O2/c1-28-10-9-26-18(24-17-3-2-7-23-19(17)26)14-6-8-25(12-14)20(27)13-4-5-15(21)16(22)11-13/h2-5,7,11,14H,6,8-10,12H2,1H3/t14-/m0/s1. The maximum Gasteiger partial charge on any atom is 0.253 e. The topological polar surface area (TPSA) is 60.2 Å². The molecule has 0 N–H and O–H groups in total. The molecule has 0 unspecified atom stereocenters. The summed E-state index contributed by atoms with van der Waals surface area (Å²) >= 11 is 0. The molecule has 1 aliphatic heterocycles. The number of amides is 1. The van der Waals surface area contributed by atoms with Crippen LogP contribution >= 0.6 is 0 Å². The summed E-state index contributed by atoms with van der Waals surface area (Å²) in [6, 6.07) is 6.99. The van der Waals surface area contributed by atoms with Gasteiger partial charge < -0.3 is 14.2 Å². The third-order valence-corrected chi connectivity index (χ3v) is 5.06. The normalized spacial score (nSPS) is 16.8. The van der Waals surface area contributed by atoms with E-state index < -0.39 is 11.6 Å². The number of rotatable bonds is 5. The van der Waals surface area contributed by atoms with Gasteiger partial charge in [0.1, 0.15) is 11.3 Å². The number of fused-ring (bicyclic) bond motifs is 1. The first-order chi connectivity index (χ1) is 13.6. The number of benzene rings is 1. The molecule has 0 aliphatic carbocycles. The van der Waals surface area contributed by atoms with E-state index in [1.165, 1.54) is 6.07 Å². The molecule has 6 nitrogen and oxygen atoms in total. The maximum atomic E-state index is 13.5. The molecule has 28 heavy (non-hydrogen) atoms. The number of ether oxygens (including phenoxy) is 1. The van der Waals surface area contributed by atoms with Crippen LogP contribution in [0.3, 0.4) is 0 Å². The summed E-state index contributed by atoms with van der Waals surface area (Å²) in [5, 5.41) is 0. The zero-order valence-electron chi connectivity index (χ0n) is 15.4. The van der Waals surface area contributed by atoms with E-state index in [1.54, 1.807) is 18.2 Å². The van der Waals surface area contributed by atoms with E-state index in [-0.39, 0.29) is 17.4 Å². The van der Waals surface area contributed by atoms with Gasteiger partial charge in [0.25, 0.3) is 5.91 Å². The highest BCUT2D eigenvalue weighted by Gasteiger charge is 2.31. The van der Waals surface area contributed by atoms with Crippen LogP contribution in [-0.2, 0) is 11.3 Å². The second-order valence-corrected chi connectivity index (χ2v) is 6.83. The Bertz CT molecular complexity index is 1020. The highest BCUT2D eigenvalue weighted by Crippen LogP contribution is 2.30. The van der Waals surface area contributed by atoms with E-state index in [0.717, 1.165) is 35.5 Å². The average Bonchev–Trinajstić information content (AvgIpc) is 3.32. The van der Waals surface area contributed by atoms with Crippen LogP contribution in [0.5, 0.6) is 0 Å². The third-order valence-electron chi connectivity index (χ3n) is 5.06. The van der Waals surface area contributed by atoms with E-state index in [9.17, 15) is 13.6 Å². The van der Waals surface area contributed by atoms with Crippen LogP contribution in [-0.4, -0.2) is 52.1 Å². The Morgan fingerprint density at radius 3 is 2.93 bits per heavy atom. The summed E-state index contributed by atoms with van der Waals surface area (Å²) in [7, 11) is 1.64. The van der Waals surface area contributed by atoms with Crippen molar-refractivity contribution in [2.45, 2.75) is 18.9 Å². The average molecular weight is 386 g/mol. The lowest BCUT2D eigenvalue weighted by atomic mass is 10.1. The van der Waals surface area contributed by atoms with Gasteiger partial charge in [0.15, 0.2) is 17.3 Å². The number of likely N-dealkylation sites (tertiary alicyclic amines) is 1. The smallest absolute Gasteiger partial charge is 0.253 e. The number of aromatic nitrogens is 3. The molecule has 1 aromatic carbocycles. The molecule has 3 aromatic rings. The van der Waals surface area contributed by atoms with E-state index >= 15 is 0 Å². The first kappa shape index (κ1) is 18.5. The summed E-state index contributed by atoms with van der Waals surface area (Å²) in [5.74, 6) is -1.38. The van der Waals surface area contributed by atoms with Crippen molar-refractivity contribution in [3.05, 3.63) is 59.6 Å². The van der Waals surface area contributed by atoms with Crippen molar-refractivity contribution in [3.63, 3.8) is 0 Å². The van der Waals surface area contributed by atoms with Crippen LogP contribution < -0.4 is 0 Å². The third kappa shape index (κ3) is 3.35. The molecule has 0 spiro atoms. The number of nitrogens with zero attached hydrogens (tertiary/aromatic N) is 4. The Hall–Kier alpha value is -2.87. The monoisotopic (exact) mass is 386 g/mol. The van der Waals surface area contributed by atoms with Gasteiger partial charge in [-0.05, 0) is 36.8 Å². The fourth-order valence-electron chi connectivity index (χ4n) is 3.66. The van der Waals surface area contributed by atoms with Gasteiger partial charge in [-0.2, -0.15) is 0 Å². The molecule has 1 fully saturated rings. The van der Waals surface area contributed by atoms with Crippen molar-refractivity contribution in [3.8, 4) is 0 Å². The second kappa shape index (κ2) is 7.63. The Morgan fingerprint density at radius 2 is 2.14 bits per heavy atom. The Labute approximate surface area is 160 Å². The fourth-order valence-corrected chi connectivity index (χ4v) is 3.66. The molecule has 1 amide bonds. The highest BCUT2D eigenvalue weighted by molar-refractivity contribution is 5.94. The number of hydrogen-bond donors (Lipinski definition) is 0.